The van der Waals surface area contributed by atoms with Gasteiger partial charge in [-0.15, -0.1) is 0 Å². The van der Waals surface area contributed by atoms with Crippen molar-refractivity contribution in [1.29, 1.82) is 0 Å². The molecular weight excluding hydrogens is 250 g/mol. The molecule has 1 atom stereocenters. The molecule has 0 aliphatic heterocycles. The van der Waals surface area contributed by atoms with E-state index >= 15 is 0 Å². The molecule has 0 aliphatic carbocycles. The standard InChI is InChI=1S/C16H15N3O/c1-12(13-6-3-2-4-7-13)18-16(20)14-8-5-10-19-11-9-17-15(14)19/h2-12H,1H3,(H,18,20). The van der Waals surface area contributed by atoms with Crippen LogP contribution in [0.15, 0.2) is 61.1 Å². The highest BCUT2D eigenvalue weighted by Gasteiger charge is 2.14. The molecule has 1 aromatic carbocycles. The minimum absolute atomic E-state index is 0.0427. The quantitative estimate of drug-likeness (QED) is 0.791. The Morgan fingerprint density at radius 1 is 1.15 bits per heavy atom. The smallest absolute Gasteiger partial charge is 0.255 e. The monoisotopic (exact) mass is 265 g/mol. The van der Waals surface area contributed by atoms with Gasteiger partial charge in [0.05, 0.1) is 11.6 Å². The number of nitrogens with zero attached hydrogens (tertiary/aromatic N) is 2. The summed E-state index contributed by atoms with van der Waals surface area (Å²) < 4.78 is 1.84. The predicted molar refractivity (Wildman–Crippen MR) is 77.5 cm³/mol. The predicted octanol–water partition coefficient (Wildman–Crippen LogP) is 2.83. The molecule has 1 unspecified atom stereocenters. The van der Waals surface area contributed by atoms with E-state index < -0.39 is 0 Å². The highest BCUT2D eigenvalue weighted by Crippen LogP contribution is 2.14. The number of imidazole rings is 1. The minimum Gasteiger partial charge on any atom is -0.345 e. The van der Waals surface area contributed by atoms with Gasteiger partial charge < -0.3 is 9.72 Å². The molecule has 3 aromatic rings. The second-order valence-electron chi connectivity index (χ2n) is 4.69. The van der Waals surface area contributed by atoms with Crippen molar-refractivity contribution in [3.63, 3.8) is 0 Å². The van der Waals surface area contributed by atoms with E-state index in [1.54, 1.807) is 12.3 Å². The number of aromatic nitrogens is 2. The third kappa shape index (κ3) is 2.28. The molecule has 1 N–H and O–H groups in total. The Morgan fingerprint density at radius 3 is 2.75 bits per heavy atom. The zero-order chi connectivity index (χ0) is 13.9. The number of rotatable bonds is 3. The van der Waals surface area contributed by atoms with Crippen LogP contribution in [0.25, 0.3) is 5.65 Å². The summed E-state index contributed by atoms with van der Waals surface area (Å²) >= 11 is 0. The normalized spacial score (nSPS) is 12.2. The van der Waals surface area contributed by atoms with Crippen molar-refractivity contribution >= 4 is 11.6 Å². The summed E-state index contributed by atoms with van der Waals surface area (Å²) in [6.07, 6.45) is 5.39. The first-order chi connectivity index (χ1) is 9.75. The maximum atomic E-state index is 12.4. The van der Waals surface area contributed by atoms with Crippen molar-refractivity contribution in [3.05, 3.63) is 72.2 Å². The maximum Gasteiger partial charge on any atom is 0.255 e. The van der Waals surface area contributed by atoms with Crippen molar-refractivity contribution in [2.24, 2.45) is 0 Å². The van der Waals surface area contributed by atoms with Gasteiger partial charge in [0.1, 0.15) is 5.65 Å². The summed E-state index contributed by atoms with van der Waals surface area (Å²) in [6, 6.07) is 13.5. The van der Waals surface area contributed by atoms with Crippen LogP contribution in [-0.2, 0) is 0 Å². The van der Waals surface area contributed by atoms with Crippen molar-refractivity contribution in [1.82, 2.24) is 14.7 Å². The molecule has 0 saturated heterocycles. The first kappa shape index (κ1) is 12.4. The number of pyridine rings is 1. The summed E-state index contributed by atoms with van der Waals surface area (Å²) in [7, 11) is 0. The number of hydrogen-bond acceptors (Lipinski definition) is 2. The molecule has 1 amide bonds. The van der Waals surface area contributed by atoms with Crippen LogP contribution < -0.4 is 5.32 Å². The third-order valence-corrected chi connectivity index (χ3v) is 3.31. The lowest BCUT2D eigenvalue weighted by Gasteiger charge is -2.14. The molecule has 0 spiro atoms. The van der Waals surface area contributed by atoms with Gasteiger partial charge in [-0.3, -0.25) is 4.79 Å². The number of amides is 1. The van der Waals surface area contributed by atoms with Gasteiger partial charge >= 0.3 is 0 Å². The molecule has 3 rings (SSSR count). The van der Waals surface area contributed by atoms with E-state index in [1.807, 2.05) is 60.1 Å². The van der Waals surface area contributed by atoms with E-state index in [-0.39, 0.29) is 11.9 Å². The van der Waals surface area contributed by atoms with Crippen LogP contribution in [0.2, 0.25) is 0 Å². The summed E-state index contributed by atoms with van der Waals surface area (Å²) in [6.45, 7) is 1.97. The van der Waals surface area contributed by atoms with Crippen LogP contribution in [0, 0.1) is 0 Å². The lowest BCUT2D eigenvalue weighted by Crippen LogP contribution is -2.27. The lowest BCUT2D eigenvalue weighted by molar-refractivity contribution is 0.0941. The van der Waals surface area contributed by atoms with Gasteiger partial charge in [0.2, 0.25) is 0 Å². The second kappa shape index (κ2) is 5.17. The Bertz CT molecular complexity index is 734. The van der Waals surface area contributed by atoms with Gasteiger partial charge in [-0.25, -0.2) is 4.98 Å². The highest BCUT2D eigenvalue weighted by atomic mass is 16.1. The molecule has 4 nitrogen and oxygen atoms in total. The van der Waals surface area contributed by atoms with Crippen LogP contribution >= 0.6 is 0 Å². The minimum atomic E-state index is -0.113. The number of fused-ring (bicyclic) bond motifs is 1. The first-order valence-corrected chi connectivity index (χ1v) is 6.53. The zero-order valence-corrected chi connectivity index (χ0v) is 11.2. The van der Waals surface area contributed by atoms with E-state index in [1.165, 1.54) is 0 Å². The lowest BCUT2D eigenvalue weighted by atomic mass is 10.1. The molecule has 0 saturated carbocycles. The van der Waals surface area contributed by atoms with Gasteiger partial charge in [0.15, 0.2) is 0 Å². The summed E-state index contributed by atoms with van der Waals surface area (Å²) in [5, 5.41) is 3.00. The average Bonchev–Trinajstić information content (AvgIpc) is 2.96. The summed E-state index contributed by atoms with van der Waals surface area (Å²) in [5.74, 6) is -0.113. The topological polar surface area (TPSA) is 46.4 Å². The van der Waals surface area contributed by atoms with E-state index in [9.17, 15) is 4.79 Å². The van der Waals surface area contributed by atoms with E-state index in [4.69, 9.17) is 0 Å². The first-order valence-electron chi connectivity index (χ1n) is 6.53. The molecule has 20 heavy (non-hydrogen) atoms. The molecule has 2 aromatic heterocycles. The van der Waals surface area contributed by atoms with Crippen LogP contribution in [0.1, 0.15) is 28.9 Å². The zero-order valence-electron chi connectivity index (χ0n) is 11.2. The Balaban J connectivity index is 1.85. The van der Waals surface area contributed by atoms with Crippen molar-refractivity contribution in [2.75, 3.05) is 0 Å². The molecule has 0 aliphatic rings. The van der Waals surface area contributed by atoms with Gasteiger partial charge in [-0.05, 0) is 24.6 Å². The van der Waals surface area contributed by atoms with Gasteiger partial charge in [-0.1, -0.05) is 30.3 Å². The largest absolute Gasteiger partial charge is 0.345 e. The summed E-state index contributed by atoms with van der Waals surface area (Å²) in [5.41, 5.74) is 2.33. The molecule has 0 radical (unpaired) electrons. The highest BCUT2D eigenvalue weighted by molar-refractivity contribution is 5.99. The molecule has 0 fully saturated rings. The van der Waals surface area contributed by atoms with Crippen molar-refractivity contribution < 1.29 is 4.79 Å². The van der Waals surface area contributed by atoms with E-state index in [0.717, 1.165) is 5.56 Å². The van der Waals surface area contributed by atoms with Crippen molar-refractivity contribution in [3.8, 4) is 0 Å². The fraction of sp³-hybridized carbons (Fsp3) is 0.125. The SMILES string of the molecule is CC(NC(=O)c1cccn2ccnc12)c1ccccc1. The second-order valence-corrected chi connectivity index (χ2v) is 4.69. The molecule has 4 heteroatoms. The number of benzene rings is 1. The Kier molecular flexibility index (Phi) is 3.21. The van der Waals surface area contributed by atoms with Gasteiger partial charge in [0.25, 0.3) is 5.91 Å². The fourth-order valence-corrected chi connectivity index (χ4v) is 2.23. The van der Waals surface area contributed by atoms with Crippen molar-refractivity contribution in [2.45, 2.75) is 13.0 Å². The van der Waals surface area contributed by atoms with E-state index in [2.05, 4.69) is 10.3 Å². The summed E-state index contributed by atoms with van der Waals surface area (Å²) in [4.78, 5) is 16.6. The Labute approximate surface area is 117 Å². The van der Waals surface area contributed by atoms with Crippen LogP contribution in [-0.4, -0.2) is 15.3 Å². The van der Waals surface area contributed by atoms with Gasteiger partial charge in [0, 0.05) is 18.6 Å². The van der Waals surface area contributed by atoms with Crippen LogP contribution in [0.5, 0.6) is 0 Å². The molecule has 100 valence electrons. The Morgan fingerprint density at radius 2 is 1.95 bits per heavy atom. The number of nitrogens with one attached hydrogen (secondary N) is 1. The fourth-order valence-electron chi connectivity index (χ4n) is 2.23. The average molecular weight is 265 g/mol. The van der Waals surface area contributed by atoms with Crippen LogP contribution in [0.4, 0.5) is 0 Å². The van der Waals surface area contributed by atoms with Gasteiger partial charge in [-0.2, -0.15) is 0 Å². The molecule has 2 heterocycles. The van der Waals surface area contributed by atoms with Crippen LogP contribution in [0.3, 0.4) is 0 Å². The number of hydrogen-bond donors (Lipinski definition) is 1. The maximum absolute atomic E-state index is 12.4. The molecule has 0 bridgehead atoms. The molecular formula is C16H15N3O. The Hall–Kier alpha value is -2.62. The number of carbonyl (C=O) groups excluding carboxylic acids is 1. The number of carbonyl (C=O) groups is 1. The third-order valence-electron chi connectivity index (χ3n) is 3.31. The van der Waals surface area contributed by atoms with E-state index in [0.29, 0.717) is 11.2 Å².